The number of ether oxygens (including phenoxy) is 1. The molecule has 2 nitrogen and oxygen atoms in total. The van der Waals surface area contributed by atoms with Gasteiger partial charge in [-0.15, -0.1) is 0 Å². The highest BCUT2D eigenvalue weighted by Crippen LogP contribution is 2.17. The van der Waals surface area contributed by atoms with Gasteiger partial charge in [-0.3, -0.25) is 0 Å². The normalized spacial score (nSPS) is 10.3. The Balaban J connectivity index is 2.04. The number of benzene rings is 2. The van der Waals surface area contributed by atoms with Crippen LogP contribution < -0.4 is 0 Å². The molecule has 0 bridgehead atoms. The first-order valence-electron chi connectivity index (χ1n) is 5.43. The van der Waals surface area contributed by atoms with Crippen LogP contribution in [0.3, 0.4) is 0 Å². The van der Waals surface area contributed by atoms with Crippen molar-refractivity contribution in [3.05, 3.63) is 68.4 Å². The van der Waals surface area contributed by atoms with E-state index in [4.69, 9.17) is 4.74 Å². The van der Waals surface area contributed by atoms with E-state index in [1.165, 1.54) is 6.07 Å². The fourth-order valence-corrected chi connectivity index (χ4v) is 2.21. The topological polar surface area (TPSA) is 26.3 Å². The Labute approximate surface area is 126 Å². The molecule has 0 amide bonds. The molecule has 2 aromatic rings. The maximum absolute atomic E-state index is 13.5. The molecule has 0 aliphatic carbocycles. The summed E-state index contributed by atoms with van der Waals surface area (Å²) in [5, 5.41) is 0. The molecule has 98 valence electrons. The molecule has 0 spiro atoms. The van der Waals surface area contributed by atoms with E-state index in [1.54, 1.807) is 30.3 Å². The van der Waals surface area contributed by atoms with Crippen LogP contribution in [0.5, 0.6) is 0 Å². The first-order valence-corrected chi connectivity index (χ1v) is 7.01. The number of hydrogen-bond acceptors (Lipinski definition) is 2. The van der Waals surface area contributed by atoms with Crippen LogP contribution in [-0.4, -0.2) is 5.97 Å². The minimum absolute atomic E-state index is 0.0928. The highest BCUT2D eigenvalue weighted by molar-refractivity contribution is 9.10. The van der Waals surface area contributed by atoms with E-state index in [9.17, 15) is 9.18 Å². The number of hydrogen-bond donors (Lipinski definition) is 0. The standard InChI is InChI=1S/C14H9Br2FO2/c15-11-3-1-2-9(6-11)14(18)19-8-10-4-5-12(16)7-13(10)17/h1-7H,8H2. The van der Waals surface area contributed by atoms with Gasteiger partial charge in [0.2, 0.25) is 0 Å². The zero-order valence-corrected chi connectivity index (χ0v) is 12.9. The molecule has 0 radical (unpaired) electrons. The average molecular weight is 388 g/mol. The third kappa shape index (κ3) is 3.88. The molecule has 2 rings (SSSR count). The Kier molecular flexibility index (Phi) is 4.71. The first-order chi connectivity index (χ1) is 9.06. The highest BCUT2D eigenvalue weighted by atomic mass is 79.9. The van der Waals surface area contributed by atoms with Crippen LogP contribution in [-0.2, 0) is 11.3 Å². The van der Waals surface area contributed by atoms with Crippen molar-refractivity contribution in [1.82, 2.24) is 0 Å². The van der Waals surface area contributed by atoms with Crippen molar-refractivity contribution in [2.75, 3.05) is 0 Å². The number of rotatable bonds is 3. The Bertz CT molecular complexity index is 614. The van der Waals surface area contributed by atoms with Crippen molar-refractivity contribution >= 4 is 37.8 Å². The van der Waals surface area contributed by atoms with Gasteiger partial charge in [-0.25, -0.2) is 9.18 Å². The molecule has 0 N–H and O–H groups in total. The fourth-order valence-electron chi connectivity index (χ4n) is 1.48. The molecule has 0 unspecified atom stereocenters. The Morgan fingerprint density at radius 1 is 1.11 bits per heavy atom. The second-order valence-electron chi connectivity index (χ2n) is 3.82. The summed E-state index contributed by atoms with van der Waals surface area (Å²) >= 11 is 6.44. The Hall–Kier alpha value is -1.20. The van der Waals surface area contributed by atoms with Crippen molar-refractivity contribution in [2.24, 2.45) is 0 Å². The lowest BCUT2D eigenvalue weighted by molar-refractivity contribution is 0.0469. The smallest absolute Gasteiger partial charge is 0.338 e. The summed E-state index contributed by atoms with van der Waals surface area (Å²) in [6.45, 7) is -0.0928. The monoisotopic (exact) mass is 386 g/mol. The van der Waals surface area contributed by atoms with Crippen LogP contribution in [0.1, 0.15) is 15.9 Å². The van der Waals surface area contributed by atoms with Gasteiger partial charge in [-0.05, 0) is 30.3 Å². The van der Waals surface area contributed by atoms with Gasteiger partial charge < -0.3 is 4.74 Å². The number of esters is 1. The number of halogens is 3. The zero-order valence-electron chi connectivity index (χ0n) is 9.70. The fraction of sp³-hybridized carbons (Fsp3) is 0.0714. The van der Waals surface area contributed by atoms with Crippen molar-refractivity contribution in [3.63, 3.8) is 0 Å². The number of carbonyl (C=O) groups excluding carboxylic acids is 1. The van der Waals surface area contributed by atoms with Crippen LogP contribution in [0.4, 0.5) is 4.39 Å². The van der Waals surface area contributed by atoms with Crippen molar-refractivity contribution in [2.45, 2.75) is 6.61 Å². The lowest BCUT2D eigenvalue weighted by atomic mass is 10.2. The second kappa shape index (κ2) is 6.30. The zero-order chi connectivity index (χ0) is 13.8. The molecule has 5 heteroatoms. The van der Waals surface area contributed by atoms with Crippen LogP contribution in [0.15, 0.2) is 51.4 Å². The lowest BCUT2D eigenvalue weighted by Crippen LogP contribution is -2.06. The van der Waals surface area contributed by atoms with E-state index in [2.05, 4.69) is 31.9 Å². The van der Waals surface area contributed by atoms with Gasteiger partial charge in [-0.1, -0.05) is 44.0 Å². The maximum Gasteiger partial charge on any atom is 0.338 e. The van der Waals surface area contributed by atoms with Crippen LogP contribution >= 0.6 is 31.9 Å². The van der Waals surface area contributed by atoms with E-state index in [-0.39, 0.29) is 6.61 Å². The van der Waals surface area contributed by atoms with Crippen molar-refractivity contribution in [3.8, 4) is 0 Å². The summed E-state index contributed by atoms with van der Waals surface area (Å²) in [6.07, 6.45) is 0. The number of carbonyl (C=O) groups is 1. The van der Waals surface area contributed by atoms with Gasteiger partial charge in [0.15, 0.2) is 0 Å². The predicted octanol–water partition coefficient (Wildman–Crippen LogP) is 4.71. The summed E-state index contributed by atoms with van der Waals surface area (Å²) < 4.78 is 20.0. The molecule has 0 fully saturated rings. The van der Waals surface area contributed by atoms with E-state index in [0.29, 0.717) is 15.6 Å². The highest BCUT2D eigenvalue weighted by Gasteiger charge is 2.09. The largest absolute Gasteiger partial charge is 0.457 e. The van der Waals surface area contributed by atoms with Crippen molar-refractivity contribution in [1.29, 1.82) is 0 Å². The summed E-state index contributed by atoms with van der Waals surface area (Å²) in [7, 11) is 0. The summed E-state index contributed by atoms with van der Waals surface area (Å²) in [6, 6.07) is 11.5. The molecule has 0 saturated carbocycles. The molecule has 0 aromatic heterocycles. The van der Waals surface area contributed by atoms with E-state index < -0.39 is 11.8 Å². The van der Waals surface area contributed by atoms with E-state index in [0.717, 1.165) is 4.47 Å². The van der Waals surface area contributed by atoms with Gasteiger partial charge in [0.25, 0.3) is 0 Å². The molecule has 0 saturated heterocycles. The minimum atomic E-state index is -0.483. The minimum Gasteiger partial charge on any atom is -0.457 e. The molecular formula is C14H9Br2FO2. The quantitative estimate of drug-likeness (QED) is 0.713. The van der Waals surface area contributed by atoms with Crippen LogP contribution in [0.2, 0.25) is 0 Å². The van der Waals surface area contributed by atoms with E-state index >= 15 is 0 Å². The summed E-state index contributed by atoms with van der Waals surface area (Å²) in [5.41, 5.74) is 0.762. The molecule has 0 aliphatic heterocycles. The van der Waals surface area contributed by atoms with Gasteiger partial charge in [0, 0.05) is 14.5 Å². The van der Waals surface area contributed by atoms with Crippen LogP contribution in [0.25, 0.3) is 0 Å². The molecular weight excluding hydrogens is 379 g/mol. The first kappa shape index (κ1) is 14.2. The molecule has 0 atom stereocenters. The average Bonchev–Trinajstić information content (AvgIpc) is 2.37. The molecule has 0 aliphatic rings. The predicted molar refractivity (Wildman–Crippen MR) is 77.4 cm³/mol. The summed E-state index contributed by atoms with van der Waals surface area (Å²) in [4.78, 5) is 11.8. The Morgan fingerprint density at radius 2 is 1.84 bits per heavy atom. The summed E-state index contributed by atoms with van der Waals surface area (Å²) in [5.74, 6) is -0.889. The molecule has 19 heavy (non-hydrogen) atoms. The lowest BCUT2D eigenvalue weighted by Gasteiger charge is -2.06. The maximum atomic E-state index is 13.5. The molecule has 2 aromatic carbocycles. The van der Waals surface area contributed by atoms with Gasteiger partial charge in [0.1, 0.15) is 12.4 Å². The Morgan fingerprint density at radius 3 is 2.53 bits per heavy atom. The van der Waals surface area contributed by atoms with Gasteiger partial charge in [-0.2, -0.15) is 0 Å². The second-order valence-corrected chi connectivity index (χ2v) is 5.65. The van der Waals surface area contributed by atoms with Crippen LogP contribution in [0, 0.1) is 5.82 Å². The van der Waals surface area contributed by atoms with E-state index in [1.807, 2.05) is 6.07 Å². The van der Waals surface area contributed by atoms with Gasteiger partial charge >= 0.3 is 5.97 Å². The van der Waals surface area contributed by atoms with Crippen molar-refractivity contribution < 1.29 is 13.9 Å². The SMILES string of the molecule is O=C(OCc1ccc(Br)cc1F)c1cccc(Br)c1. The third-order valence-corrected chi connectivity index (χ3v) is 3.42. The third-order valence-electron chi connectivity index (χ3n) is 2.43. The van der Waals surface area contributed by atoms with Gasteiger partial charge in [0.05, 0.1) is 5.56 Å². The molecule has 0 heterocycles.